The zero-order chi connectivity index (χ0) is 21.7. The maximum atomic E-state index is 12.7. The maximum absolute atomic E-state index is 12.7. The van der Waals surface area contributed by atoms with Gasteiger partial charge in [-0.05, 0) is 80.0 Å². The third kappa shape index (κ3) is 5.17. The van der Waals surface area contributed by atoms with Crippen LogP contribution in [0, 0.1) is 13.8 Å². The number of anilines is 1. The average Bonchev–Trinajstić information content (AvgIpc) is 2.72. The highest BCUT2D eigenvalue weighted by Gasteiger charge is 2.14. The van der Waals surface area contributed by atoms with Crippen LogP contribution in [0.5, 0.6) is 5.75 Å². The number of nitrogens with zero attached hydrogens (tertiary/aromatic N) is 1. The molecule has 0 aliphatic heterocycles. The van der Waals surface area contributed by atoms with Crippen LogP contribution in [0.1, 0.15) is 23.1 Å². The Kier molecular flexibility index (Phi) is 7.07. The quantitative estimate of drug-likeness (QED) is 0.501. The van der Waals surface area contributed by atoms with Crippen LogP contribution in [0.3, 0.4) is 0 Å². The van der Waals surface area contributed by atoms with Gasteiger partial charge in [-0.1, -0.05) is 6.07 Å². The van der Waals surface area contributed by atoms with Crippen molar-refractivity contribution in [2.75, 3.05) is 25.6 Å². The van der Waals surface area contributed by atoms with Gasteiger partial charge in [0.2, 0.25) is 0 Å². The second kappa shape index (κ2) is 9.73. The molecule has 1 aromatic heterocycles. The number of benzene rings is 2. The second-order valence-corrected chi connectivity index (χ2v) is 7.71. The van der Waals surface area contributed by atoms with E-state index >= 15 is 0 Å². The van der Waals surface area contributed by atoms with Crippen molar-refractivity contribution in [1.29, 1.82) is 0 Å². The van der Waals surface area contributed by atoms with E-state index < -0.39 is 0 Å². The van der Waals surface area contributed by atoms with Crippen LogP contribution in [0.15, 0.2) is 47.3 Å². The molecule has 0 aliphatic carbocycles. The highest BCUT2D eigenvalue weighted by atomic mass is 32.1. The normalized spacial score (nSPS) is 10.8. The molecule has 0 saturated carbocycles. The molecule has 0 saturated heterocycles. The number of fused-ring (bicyclic) bond motifs is 1. The summed E-state index contributed by atoms with van der Waals surface area (Å²) in [6, 6.07) is 13.5. The van der Waals surface area contributed by atoms with E-state index in [1.165, 1.54) is 0 Å². The SMILES string of the molecule is COc1ccc(NC(=S)N(CCCO)Cc2cc3c(C)cc(C)cc3[nH]c2=O)cc1. The smallest absolute Gasteiger partial charge is 0.253 e. The van der Waals surface area contributed by atoms with Crippen LogP contribution in [0.2, 0.25) is 0 Å². The number of rotatable bonds is 7. The molecule has 0 unspecified atom stereocenters. The van der Waals surface area contributed by atoms with Crippen LogP contribution in [0.25, 0.3) is 10.9 Å². The molecule has 0 radical (unpaired) electrons. The Morgan fingerprint density at radius 3 is 2.60 bits per heavy atom. The van der Waals surface area contributed by atoms with Crippen molar-refractivity contribution in [2.45, 2.75) is 26.8 Å². The van der Waals surface area contributed by atoms with Gasteiger partial charge in [-0.2, -0.15) is 0 Å². The fraction of sp³-hybridized carbons (Fsp3) is 0.304. The Morgan fingerprint density at radius 2 is 1.93 bits per heavy atom. The van der Waals surface area contributed by atoms with Gasteiger partial charge >= 0.3 is 0 Å². The molecular formula is C23H27N3O3S. The first kappa shape index (κ1) is 21.8. The number of hydrogen-bond acceptors (Lipinski definition) is 4. The topological polar surface area (TPSA) is 77.6 Å². The van der Waals surface area contributed by atoms with Gasteiger partial charge in [0.05, 0.1) is 13.7 Å². The maximum Gasteiger partial charge on any atom is 0.253 e. The molecular weight excluding hydrogens is 398 g/mol. The van der Waals surface area contributed by atoms with Gasteiger partial charge in [0, 0.05) is 35.3 Å². The molecule has 0 spiro atoms. The number of aryl methyl sites for hydroxylation is 2. The molecule has 0 atom stereocenters. The van der Waals surface area contributed by atoms with Crippen LogP contribution in [-0.2, 0) is 6.54 Å². The average molecular weight is 426 g/mol. The van der Waals surface area contributed by atoms with Crippen molar-refractivity contribution < 1.29 is 9.84 Å². The lowest BCUT2D eigenvalue weighted by atomic mass is 10.0. The minimum atomic E-state index is -0.131. The number of aliphatic hydroxyl groups is 1. The van der Waals surface area contributed by atoms with E-state index in [1.807, 2.05) is 55.1 Å². The van der Waals surface area contributed by atoms with E-state index in [0.717, 1.165) is 33.5 Å². The number of pyridine rings is 1. The number of H-pyrrole nitrogens is 1. The summed E-state index contributed by atoms with van der Waals surface area (Å²) in [6.07, 6.45) is 0.550. The summed E-state index contributed by atoms with van der Waals surface area (Å²) in [5.41, 5.74) is 4.39. The van der Waals surface area contributed by atoms with Gasteiger partial charge < -0.3 is 25.0 Å². The van der Waals surface area contributed by atoms with Gasteiger partial charge in [-0.3, -0.25) is 4.79 Å². The monoisotopic (exact) mass is 425 g/mol. The fourth-order valence-corrected chi connectivity index (χ4v) is 3.70. The molecule has 0 amide bonds. The summed E-state index contributed by atoms with van der Waals surface area (Å²) >= 11 is 5.60. The predicted octanol–water partition coefficient (Wildman–Crippen LogP) is 3.73. The third-order valence-corrected chi connectivity index (χ3v) is 5.33. The van der Waals surface area contributed by atoms with Crippen LogP contribution < -0.4 is 15.6 Å². The summed E-state index contributed by atoms with van der Waals surface area (Å²) in [5, 5.41) is 14.0. The number of ether oxygens (including phenoxy) is 1. The summed E-state index contributed by atoms with van der Waals surface area (Å²) < 4.78 is 5.18. The largest absolute Gasteiger partial charge is 0.497 e. The number of aromatic nitrogens is 1. The number of nitrogens with one attached hydrogen (secondary N) is 2. The van der Waals surface area contributed by atoms with Crippen molar-refractivity contribution in [2.24, 2.45) is 0 Å². The van der Waals surface area contributed by atoms with E-state index in [0.29, 0.717) is 30.2 Å². The zero-order valence-corrected chi connectivity index (χ0v) is 18.3. The summed E-state index contributed by atoms with van der Waals surface area (Å²) in [6.45, 7) is 4.98. The van der Waals surface area contributed by atoms with Gasteiger partial charge in [-0.15, -0.1) is 0 Å². The number of aromatic amines is 1. The second-order valence-electron chi connectivity index (χ2n) is 7.32. The first-order valence-electron chi connectivity index (χ1n) is 9.85. The first-order valence-corrected chi connectivity index (χ1v) is 10.3. The first-order chi connectivity index (χ1) is 14.4. The van der Waals surface area contributed by atoms with E-state index in [1.54, 1.807) is 7.11 Å². The highest BCUT2D eigenvalue weighted by Crippen LogP contribution is 2.20. The van der Waals surface area contributed by atoms with Crippen LogP contribution in [-0.4, -0.2) is 40.4 Å². The van der Waals surface area contributed by atoms with Gasteiger partial charge in [-0.25, -0.2) is 0 Å². The van der Waals surface area contributed by atoms with Crippen molar-refractivity contribution in [1.82, 2.24) is 9.88 Å². The lowest BCUT2D eigenvalue weighted by molar-refractivity contribution is 0.266. The molecule has 158 valence electrons. The van der Waals surface area contributed by atoms with Crippen molar-refractivity contribution in [3.05, 3.63) is 69.5 Å². The molecule has 3 rings (SSSR count). The summed E-state index contributed by atoms with van der Waals surface area (Å²) in [5.74, 6) is 0.761. The Bertz CT molecular complexity index is 1090. The molecule has 6 nitrogen and oxygen atoms in total. The van der Waals surface area contributed by atoms with E-state index in [4.69, 9.17) is 17.0 Å². The van der Waals surface area contributed by atoms with Crippen molar-refractivity contribution >= 4 is 33.9 Å². The number of hydrogen-bond donors (Lipinski definition) is 3. The van der Waals surface area contributed by atoms with Crippen LogP contribution >= 0.6 is 12.2 Å². The fourth-order valence-electron chi connectivity index (χ4n) is 3.43. The van der Waals surface area contributed by atoms with Gasteiger partial charge in [0.15, 0.2) is 5.11 Å². The molecule has 30 heavy (non-hydrogen) atoms. The van der Waals surface area contributed by atoms with E-state index in [9.17, 15) is 9.90 Å². The zero-order valence-electron chi connectivity index (χ0n) is 17.5. The Labute approximate surface area is 181 Å². The Balaban J connectivity index is 1.85. The minimum Gasteiger partial charge on any atom is -0.497 e. The lowest BCUT2D eigenvalue weighted by Crippen LogP contribution is -2.37. The molecule has 0 bridgehead atoms. The molecule has 0 aliphatic rings. The molecule has 2 aromatic carbocycles. The predicted molar refractivity (Wildman–Crippen MR) is 125 cm³/mol. The Hall–Kier alpha value is -2.90. The number of aliphatic hydroxyl groups excluding tert-OH is 1. The van der Waals surface area contributed by atoms with Crippen molar-refractivity contribution in [3.8, 4) is 5.75 Å². The molecule has 3 aromatic rings. The third-order valence-electron chi connectivity index (χ3n) is 4.97. The van der Waals surface area contributed by atoms with Crippen molar-refractivity contribution in [3.63, 3.8) is 0 Å². The number of thiocarbonyl (C=S) groups is 1. The lowest BCUT2D eigenvalue weighted by Gasteiger charge is -2.26. The molecule has 3 N–H and O–H groups in total. The summed E-state index contributed by atoms with van der Waals surface area (Å²) in [7, 11) is 1.62. The van der Waals surface area contributed by atoms with Gasteiger partial charge in [0.1, 0.15) is 5.75 Å². The van der Waals surface area contributed by atoms with Crippen LogP contribution in [0.4, 0.5) is 5.69 Å². The standard InChI is InChI=1S/C23H27N3O3S/c1-15-11-16(2)20-13-17(22(28)25-21(20)12-15)14-26(9-4-10-27)23(30)24-18-5-7-19(29-3)8-6-18/h5-8,11-13,27H,4,9-10,14H2,1-3H3,(H,24,30)(H,25,28). The summed E-state index contributed by atoms with van der Waals surface area (Å²) in [4.78, 5) is 17.6. The minimum absolute atomic E-state index is 0.0497. The number of methoxy groups -OCH3 is 1. The highest BCUT2D eigenvalue weighted by molar-refractivity contribution is 7.80. The Morgan fingerprint density at radius 1 is 1.20 bits per heavy atom. The van der Waals surface area contributed by atoms with E-state index in [2.05, 4.69) is 16.4 Å². The van der Waals surface area contributed by atoms with Gasteiger partial charge in [0.25, 0.3) is 5.56 Å². The van der Waals surface area contributed by atoms with E-state index in [-0.39, 0.29) is 12.2 Å². The molecule has 1 heterocycles. The molecule has 0 fully saturated rings. The molecule has 7 heteroatoms.